The van der Waals surface area contributed by atoms with E-state index >= 15 is 0 Å². The van der Waals surface area contributed by atoms with Crippen LogP contribution in [0.3, 0.4) is 0 Å². The van der Waals surface area contributed by atoms with E-state index in [1.54, 1.807) is 7.11 Å². The predicted octanol–water partition coefficient (Wildman–Crippen LogP) is 4.68. The molecular formula is C20H25F2N5O. The number of aryl methyl sites for hydroxylation is 1. The molecule has 8 heteroatoms. The van der Waals surface area contributed by atoms with Gasteiger partial charge in [0, 0.05) is 33.4 Å². The highest BCUT2D eigenvalue weighted by atomic mass is 19.1. The molecule has 1 aliphatic rings. The first-order chi connectivity index (χ1) is 13.5. The van der Waals surface area contributed by atoms with Crippen LogP contribution in [0.4, 0.5) is 26.1 Å². The fourth-order valence-electron chi connectivity index (χ4n) is 3.30. The van der Waals surface area contributed by atoms with Gasteiger partial charge in [0.1, 0.15) is 18.0 Å². The molecule has 1 aliphatic carbocycles. The van der Waals surface area contributed by atoms with Gasteiger partial charge in [-0.1, -0.05) is 0 Å². The van der Waals surface area contributed by atoms with Crippen molar-refractivity contribution in [1.29, 1.82) is 0 Å². The number of aromatic nitrogens is 3. The Morgan fingerprint density at radius 1 is 1.07 bits per heavy atom. The summed E-state index contributed by atoms with van der Waals surface area (Å²) in [5.74, 6) is -0.994. The minimum absolute atomic E-state index is 0. The third kappa shape index (κ3) is 4.12. The number of anilines is 3. The molecule has 1 saturated carbocycles. The van der Waals surface area contributed by atoms with Gasteiger partial charge in [0.05, 0.1) is 11.8 Å². The van der Waals surface area contributed by atoms with Gasteiger partial charge >= 0.3 is 0 Å². The Kier molecular flexibility index (Phi) is 4.95. The van der Waals surface area contributed by atoms with E-state index in [1.165, 1.54) is 23.1 Å². The Bertz CT molecular complexity index is 975. The lowest BCUT2D eigenvalue weighted by atomic mass is 9.89. The van der Waals surface area contributed by atoms with Crippen LogP contribution in [0.2, 0.25) is 0 Å². The van der Waals surface area contributed by atoms with E-state index in [-0.39, 0.29) is 8.54 Å². The summed E-state index contributed by atoms with van der Waals surface area (Å²) in [5.41, 5.74) is 3.19. The molecule has 0 saturated heterocycles. The van der Waals surface area contributed by atoms with Crippen LogP contribution < -0.4 is 10.6 Å². The van der Waals surface area contributed by atoms with Crippen LogP contribution >= 0.6 is 0 Å². The number of ether oxygens (including phenoxy) is 1. The normalized spacial score (nSPS) is 18.6. The van der Waals surface area contributed by atoms with Crippen LogP contribution in [0.5, 0.6) is 0 Å². The molecule has 1 aromatic heterocycles. The van der Waals surface area contributed by atoms with Crippen LogP contribution in [0.15, 0.2) is 42.7 Å². The lowest BCUT2D eigenvalue weighted by Crippen LogP contribution is -2.40. The molecular weight excluding hydrogens is 364 g/mol. The second-order valence-electron chi connectivity index (χ2n) is 7.02. The van der Waals surface area contributed by atoms with Crippen molar-refractivity contribution >= 4 is 17.3 Å². The van der Waals surface area contributed by atoms with Gasteiger partial charge < -0.3 is 15.4 Å². The highest BCUT2D eigenvalue weighted by molar-refractivity contribution is 5.63. The molecule has 4 rings (SSSR count). The second kappa shape index (κ2) is 7.55. The number of hydrogen-bond acceptors (Lipinski definition) is 5. The SMILES string of the molecule is COC1CC(Nc2cc(C)cc(Nc3ncn(-c4cc(F)cc(F)c4)n3)c2)C1.[HH].[HH]. The van der Waals surface area contributed by atoms with E-state index < -0.39 is 11.6 Å². The van der Waals surface area contributed by atoms with Crippen molar-refractivity contribution in [1.82, 2.24) is 14.8 Å². The number of rotatable bonds is 6. The molecule has 150 valence electrons. The van der Waals surface area contributed by atoms with Gasteiger partial charge in [0.25, 0.3) is 0 Å². The first-order valence-corrected chi connectivity index (χ1v) is 9.04. The van der Waals surface area contributed by atoms with Crippen LogP contribution in [-0.4, -0.2) is 34.0 Å². The molecule has 0 unspecified atom stereocenters. The van der Waals surface area contributed by atoms with Gasteiger partial charge in [-0.15, -0.1) is 5.10 Å². The zero-order chi connectivity index (χ0) is 19.7. The summed E-state index contributed by atoms with van der Waals surface area (Å²) < 4.78 is 33.5. The Balaban J connectivity index is 0.00000160. The maximum atomic E-state index is 13.4. The molecule has 0 amide bonds. The lowest BCUT2D eigenvalue weighted by Gasteiger charge is -2.35. The molecule has 6 nitrogen and oxygen atoms in total. The number of halogens is 2. The summed E-state index contributed by atoms with van der Waals surface area (Å²) in [6, 6.07) is 9.65. The lowest BCUT2D eigenvalue weighted by molar-refractivity contribution is 0.0329. The molecule has 2 N–H and O–H groups in total. The van der Waals surface area contributed by atoms with E-state index in [0.29, 0.717) is 18.1 Å². The number of hydrogen-bond donors (Lipinski definition) is 2. The van der Waals surface area contributed by atoms with Gasteiger partial charge in [-0.25, -0.2) is 13.5 Å². The summed E-state index contributed by atoms with van der Waals surface area (Å²) in [5, 5.41) is 10.9. The van der Waals surface area contributed by atoms with Crippen molar-refractivity contribution in [3.8, 4) is 5.69 Å². The smallest absolute Gasteiger partial charge is 0.246 e. The monoisotopic (exact) mass is 389 g/mol. The molecule has 1 fully saturated rings. The highest BCUT2D eigenvalue weighted by Gasteiger charge is 2.28. The van der Waals surface area contributed by atoms with Crippen molar-refractivity contribution in [2.75, 3.05) is 17.7 Å². The summed E-state index contributed by atoms with van der Waals surface area (Å²) >= 11 is 0. The topological polar surface area (TPSA) is 64.0 Å². The Labute approximate surface area is 164 Å². The average Bonchev–Trinajstić information content (AvgIpc) is 3.05. The van der Waals surface area contributed by atoms with Crippen molar-refractivity contribution < 1.29 is 16.4 Å². The van der Waals surface area contributed by atoms with Gasteiger partial charge in [0.2, 0.25) is 5.95 Å². The van der Waals surface area contributed by atoms with E-state index in [4.69, 9.17) is 4.74 Å². The largest absolute Gasteiger partial charge is 0.382 e. The molecule has 1 heterocycles. The highest BCUT2D eigenvalue weighted by Crippen LogP contribution is 2.28. The Morgan fingerprint density at radius 3 is 2.50 bits per heavy atom. The summed E-state index contributed by atoms with van der Waals surface area (Å²) in [7, 11) is 1.74. The first kappa shape index (κ1) is 18.4. The number of methoxy groups -OCH3 is 1. The van der Waals surface area contributed by atoms with E-state index in [9.17, 15) is 8.78 Å². The summed E-state index contributed by atoms with van der Waals surface area (Å²) in [6.45, 7) is 2.01. The number of nitrogens with one attached hydrogen (secondary N) is 2. The number of nitrogens with zero attached hydrogens (tertiary/aromatic N) is 3. The molecule has 0 bridgehead atoms. The van der Waals surface area contributed by atoms with Crippen molar-refractivity contribution in [3.63, 3.8) is 0 Å². The molecule has 0 aliphatic heterocycles. The van der Waals surface area contributed by atoms with Gasteiger partial charge in [-0.3, -0.25) is 0 Å². The van der Waals surface area contributed by atoms with Crippen molar-refractivity contribution in [2.24, 2.45) is 0 Å². The molecule has 2 aromatic carbocycles. The zero-order valence-electron chi connectivity index (χ0n) is 15.6. The molecule has 0 atom stereocenters. The zero-order valence-corrected chi connectivity index (χ0v) is 15.6. The Morgan fingerprint density at radius 2 is 1.79 bits per heavy atom. The standard InChI is InChI=1S/C20H21F2N5O.2H2/c1-12-3-15(24-17-9-19(10-17)28-2)8-16(4-12)25-20-23-11-27(26-20)18-6-13(21)5-14(22)7-18;;/h3-8,11,17,19,24H,9-10H2,1-2H3,(H,25,26);2*1H. The van der Waals surface area contributed by atoms with Crippen LogP contribution in [0.1, 0.15) is 21.3 Å². The first-order valence-electron chi connectivity index (χ1n) is 9.04. The van der Waals surface area contributed by atoms with Crippen LogP contribution in [0.25, 0.3) is 5.69 Å². The maximum absolute atomic E-state index is 13.4. The van der Waals surface area contributed by atoms with E-state index in [2.05, 4.69) is 26.8 Å². The third-order valence-electron chi connectivity index (χ3n) is 4.74. The average molecular weight is 389 g/mol. The maximum Gasteiger partial charge on any atom is 0.246 e. The predicted molar refractivity (Wildman–Crippen MR) is 107 cm³/mol. The van der Waals surface area contributed by atoms with Crippen LogP contribution in [-0.2, 0) is 4.74 Å². The van der Waals surface area contributed by atoms with E-state index in [0.717, 1.165) is 35.8 Å². The fraction of sp³-hybridized carbons (Fsp3) is 0.300. The minimum Gasteiger partial charge on any atom is -0.382 e. The third-order valence-corrected chi connectivity index (χ3v) is 4.74. The quantitative estimate of drug-likeness (QED) is 0.641. The Hall–Kier alpha value is -3.00. The molecule has 0 spiro atoms. The summed E-state index contributed by atoms with van der Waals surface area (Å²) in [4.78, 5) is 4.17. The van der Waals surface area contributed by atoms with E-state index in [1.807, 2.05) is 19.1 Å². The molecule has 0 radical (unpaired) electrons. The van der Waals surface area contributed by atoms with Crippen molar-refractivity contribution in [2.45, 2.75) is 31.9 Å². The van der Waals surface area contributed by atoms with Crippen LogP contribution in [0, 0.1) is 18.6 Å². The van der Waals surface area contributed by atoms with Crippen molar-refractivity contribution in [3.05, 3.63) is 59.9 Å². The van der Waals surface area contributed by atoms with Gasteiger partial charge in [-0.2, -0.15) is 4.98 Å². The summed E-state index contributed by atoms with van der Waals surface area (Å²) in [6.07, 6.45) is 3.72. The molecule has 3 aromatic rings. The number of benzene rings is 2. The molecule has 28 heavy (non-hydrogen) atoms. The van der Waals surface area contributed by atoms with Gasteiger partial charge in [-0.05, 0) is 55.7 Å². The second-order valence-corrected chi connectivity index (χ2v) is 7.02. The van der Waals surface area contributed by atoms with Gasteiger partial charge in [0.15, 0.2) is 0 Å². The minimum atomic E-state index is -0.666. The fourth-order valence-corrected chi connectivity index (χ4v) is 3.30.